The van der Waals surface area contributed by atoms with Gasteiger partial charge < -0.3 is 9.72 Å². The Morgan fingerprint density at radius 2 is 2.20 bits per heavy atom. The molecule has 1 heterocycles. The van der Waals surface area contributed by atoms with Crippen LogP contribution in [0.2, 0.25) is 0 Å². The first-order valence-electron chi connectivity index (χ1n) is 4.36. The number of methoxy groups -OCH3 is 1. The maximum Gasteiger partial charge on any atom is 0.269 e. The Kier molecular flexibility index (Phi) is 2.15. The van der Waals surface area contributed by atoms with E-state index in [0.29, 0.717) is 16.7 Å². The van der Waals surface area contributed by atoms with Crippen molar-refractivity contribution in [1.29, 1.82) is 0 Å². The van der Waals surface area contributed by atoms with Crippen molar-refractivity contribution in [3.8, 4) is 5.75 Å². The molecule has 0 bridgehead atoms. The number of halogens is 1. The van der Waals surface area contributed by atoms with E-state index < -0.39 is 5.82 Å². The third kappa shape index (κ3) is 1.56. The Labute approximate surface area is 84.7 Å². The standard InChI is InChI=1S/C10H9FN2O2/c1-5-10(14)13-7-3-6(11)9(15-2)4-8(7)12-5/h3-4H,1-2H3,(H,13,14). The molecule has 0 spiro atoms. The molecule has 0 saturated carbocycles. The number of benzene rings is 1. The molecule has 0 aliphatic heterocycles. The number of ether oxygens (including phenoxy) is 1. The van der Waals surface area contributed by atoms with E-state index in [0.717, 1.165) is 0 Å². The zero-order valence-electron chi connectivity index (χ0n) is 8.30. The Morgan fingerprint density at radius 3 is 2.87 bits per heavy atom. The van der Waals surface area contributed by atoms with E-state index in [1.54, 1.807) is 6.92 Å². The second kappa shape index (κ2) is 3.34. The number of H-pyrrole nitrogens is 1. The van der Waals surface area contributed by atoms with Crippen LogP contribution in [-0.2, 0) is 0 Å². The number of nitrogens with zero attached hydrogens (tertiary/aromatic N) is 1. The summed E-state index contributed by atoms with van der Waals surface area (Å²) in [5.41, 5.74) is 0.900. The fourth-order valence-electron chi connectivity index (χ4n) is 1.34. The first-order valence-corrected chi connectivity index (χ1v) is 4.36. The molecule has 5 heteroatoms. The zero-order valence-corrected chi connectivity index (χ0v) is 8.30. The molecule has 0 unspecified atom stereocenters. The van der Waals surface area contributed by atoms with Gasteiger partial charge in [0.15, 0.2) is 11.6 Å². The summed E-state index contributed by atoms with van der Waals surface area (Å²) in [6, 6.07) is 2.65. The van der Waals surface area contributed by atoms with E-state index in [4.69, 9.17) is 4.74 Å². The highest BCUT2D eigenvalue weighted by Crippen LogP contribution is 2.21. The highest BCUT2D eigenvalue weighted by atomic mass is 19.1. The largest absolute Gasteiger partial charge is 0.494 e. The van der Waals surface area contributed by atoms with E-state index in [9.17, 15) is 9.18 Å². The number of aryl methyl sites for hydroxylation is 1. The molecule has 2 aromatic rings. The monoisotopic (exact) mass is 208 g/mol. The van der Waals surface area contributed by atoms with Gasteiger partial charge in [-0.2, -0.15) is 0 Å². The lowest BCUT2D eigenvalue weighted by molar-refractivity contribution is 0.387. The van der Waals surface area contributed by atoms with Gasteiger partial charge in [-0.05, 0) is 6.92 Å². The van der Waals surface area contributed by atoms with Gasteiger partial charge in [0.25, 0.3) is 5.56 Å². The van der Waals surface area contributed by atoms with Crippen LogP contribution in [0, 0.1) is 12.7 Å². The molecule has 78 valence electrons. The molecule has 0 radical (unpaired) electrons. The minimum absolute atomic E-state index is 0.112. The van der Waals surface area contributed by atoms with Crippen LogP contribution in [-0.4, -0.2) is 17.1 Å². The third-order valence-electron chi connectivity index (χ3n) is 2.14. The quantitative estimate of drug-likeness (QED) is 0.770. The van der Waals surface area contributed by atoms with Crippen LogP contribution in [0.25, 0.3) is 11.0 Å². The SMILES string of the molecule is COc1cc2nc(C)c(=O)[nH]c2cc1F. The van der Waals surface area contributed by atoms with Gasteiger partial charge in [-0.15, -0.1) is 0 Å². The van der Waals surface area contributed by atoms with Crippen molar-refractivity contribution >= 4 is 11.0 Å². The van der Waals surface area contributed by atoms with Crippen LogP contribution >= 0.6 is 0 Å². The summed E-state index contributed by atoms with van der Waals surface area (Å²) in [4.78, 5) is 17.8. The molecule has 1 aromatic heterocycles. The fourth-order valence-corrected chi connectivity index (χ4v) is 1.34. The van der Waals surface area contributed by atoms with Crippen LogP contribution < -0.4 is 10.3 Å². The highest BCUT2D eigenvalue weighted by molar-refractivity contribution is 5.76. The number of aromatic nitrogens is 2. The molecule has 1 aromatic carbocycles. The van der Waals surface area contributed by atoms with E-state index in [2.05, 4.69) is 9.97 Å². The molecule has 0 atom stereocenters. The van der Waals surface area contributed by atoms with Gasteiger partial charge in [-0.3, -0.25) is 4.79 Å². The van der Waals surface area contributed by atoms with Crippen molar-refractivity contribution in [3.05, 3.63) is 34.0 Å². The normalized spacial score (nSPS) is 10.6. The molecule has 2 rings (SSSR count). The summed E-state index contributed by atoms with van der Waals surface area (Å²) in [5, 5.41) is 0. The number of fused-ring (bicyclic) bond motifs is 1. The smallest absolute Gasteiger partial charge is 0.269 e. The number of rotatable bonds is 1. The maximum atomic E-state index is 13.3. The van der Waals surface area contributed by atoms with Gasteiger partial charge >= 0.3 is 0 Å². The minimum atomic E-state index is -0.522. The molecule has 0 saturated heterocycles. The molecule has 0 amide bonds. The van der Waals surface area contributed by atoms with E-state index in [-0.39, 0.29) is 11.3 Å². The summed E-state index contributed by atoms with van der Waals surface area (Å²) in [6.07, 6.45) is 0. The topological polar surface area (TPSA) is 55.0 Å². The van der Waals surface area contributed by atoms with Crippen molar-refractivity contribution in [2.24, 2.45) is 0 Å². The summed E-state index contributed by atoms with van der Waals surface area (Å²) >= 11 is 0. The Hall–Kier alpha value is -1.91. The summed E-state index contributed by atoms with van der Waals surface area (Å²) in [6.45, 7) is 1.59. The lowest BCUT2D eigenvalue weighted by Gasteiger charge is -2.03. The Bertz CT molecular complexity index is 577. The highest BCUT2D eigenvalue weighted by Gasteiger charge is 2.07. The van der Waals surface area contributed by atoms with Gasteiger partial charge in [0.05, 0.1) is 18.1 Å². The molecule has 15 heavy (non-hydrogen) atoms. The number of aromatic amines is 1. The number of hydrogen-bond donors (Lipinski definition) is 1. The van der Waals surface area contributed by atoms with Crippen molar-refractivity contribution in [2.45, 2.75) is 6.92 Å². The summed E-state index contributed by atoms with van der Waals surface area (Å²) in [5.74, 6) is -0.409. The van der Waals surface area contributed by atoms with Crippen LogP contribution in [0.5, 0.6) is 5.75 Å². The molecule has 4 nitrogen and oxygen atoms in total. The lowest BCUT2D eigenvalue weighted by Crippen LogP contribution is -2.11. The second-order valence-corrected chi connectivity index (χ2v) is 3.16. The second-order valence-electron chi connectivity index (χ2n) is 3.16. The van der Waals surface area contributed by atoms with Crippen molar-refractivity contribution in [2.75, 3.05) is 7.11 Å². The number of nitrogens with one attached hydrogen (secondary N) is 1. The first-order chi connectivity index (χ1) is 7.11. The predicted octanol–water partition coefficient (Wildman–Crippen LogP) is 1.38. The van der Waals surface area contributed by atoms with E-state index >= 15 is 0 Å². The zero-order chi connectivity index (χ0) is 11.0. The van der Waals surface area contributed by atoms with E-state index in [1.807, 2.05) is 0 Å². The molecular formula is C10H9FN2O2. The van der Waals surface area contributed by atoms with Gasteiger partial charge in [-0.25, -0.2) is 9.37 Å². The van der Waals surface area contributed by atoms with Gasteiger partial charge in [-0.1, -0.05) is 0 Å². The average molecular weight is 208 g/mol. The van der Waals surface area contributed by atoms with Crippen LogP contribution in [0.15, 0.2) is 16.9 Å². The lowest BCUT2D eigenvalue weighted by atomic mass is 10.2. The number of hydrogen-bond acceptors (Lipinski definition) is 3. The first kappa shape index (κ1) is 9.64. The fraction of sp³-hybridized carbons (Fsp3) is 0.200. The Morgan fingerprint density at radius 1 is 1.47 bits per heavy atom. The van der Waals surface area contributed by atoms with Crippen molar-refractivity contribution < 1.29 is 9.13 Å². The molecule has 1 N–H and O–H groups in total. The van der Waals surface area contributed by atoms with Crippen LogP contribution in [0.3, 0.4) is 0 Å². The third-order valence-corrected chi connectivity index (χ3v) is 2.14. The molecule has 0 aliphatic rings. The van der Waals surface area contributed by atoms with Crippen LogP contribution in [0.4, 0.5) is 4.39 Å². The van der Waals surface area contributed by atoms with Gasteiger partial charge in [0, 0.05) is 12.1 Å². The molecule has 0 aliphatic carbocycles. The van der Waals surface area contributed by atoms with Crippen molar-refractivity contribution in [1.82, 2.24) is 9.97 Å². The average Bonchev–Trinajstić information content (AvgIpc) is 2.20. The van der Waals surface area contributed by atoms with Gasteiger partial charge in [0.2, 0.25) is 0 Å². The minimum Gasteiger partial charge on any atom is -0.494 e. The van der Waals surface area contributed by atoms with Gasteiger partial charge in [0.1, 0.15) is 5.69 Å². The van der Waals surface area contributed by atoms with Crippen LogP contribution in [0.1, 0.15) is 5.69 Å². The summed E-state index contributed by atoms with van der Waals surface area (Å²) in [7, 11) is 1.38. The van der Waals surface area contributed by atoms with E-state index in [1.165, 1.54) is 19.2 Å². The predicted molar refractivity (Wildman–Crippen MR) is 53.6 cm³/mol. The Balaban J connectivity index is 2.82. The van der Waals surface area contributed by atoms with Crippen molar-refractivity contribution in [3.63, 3.8) is 0 Å². The molecule has 0 fully saturated rings. The summed E-state index contributed by atoms with van der Waals surface area (Å²) < 4.78 is 18.1. The maximum absolute atomic E-state index is 13.3. The molecular weight excluding hydrogens is 199 g/mol.